The summed E-state index contributed by atoms with van der Waals surface area (Å²) in [5.74, 6) is 0. The van der Waals surface area contributed by atoms with Crippen LogP contribution in [-0.4, -0.2) is 59.7 Å². The SMILES string of the molecule is CN1CCN(c2ccc(N)cc2COCCCO[Si](C)(C)C(C)(C)C)CC1. The standard InChI is InChI=1S/C21H39N3O2Si/c1-21(2,3)27(5,6)26-15-7-14-25-17-18-16-19(22)8-9-20(18)24-12-10-23(4)11-13-24/h8-9,16H,7,10-15,17,22H2,1-6H3. The highest BCUT2D eigenvalue weighted by Gasteiger charge is 2.36. The fourth-order valence-electron chi connectivity index (χ4n) is 2.96. The molecule has 5 nitrogen and oxygen atoms in total. The smallest absolute Gasteiger partial charge is 0.191 e. The van der Waals surface area contributed by atoms with Crippen LogP contribution in [0.3, 0.4) is 0 Å². The molecule has 0 radical (unpaired) electrons. The van der Waals surface area contributed by atoms with E-state index in [0.29, 0.717) is 13.2 Å². The lowest BCUT2D eigenvalue weighted by Gasteiger charge is -2.36. The molecule has 0 aromatic heterocycles. The number of nitrogens with zero attached hydrogens (tertiary/aromatic N) is 2. The maximum absolute atomic E-state index is 6.22. The van der Waals surface area contributed by atoms with Crippen molar-refractivity contribution < 1.29 is 9.16 Å². The van der Waals surface area contributed by atoms with Crippen LogP contribution >= 0.6 is 0 Å². The predicted molar refractivity (Wildman–Crippen MR) is 118 cm³/mol. The monoisotopic (exact) mass is 393 g/mol. The summed E-state index contributed by atoms with van der Waals surface area (Å²) in [6.07, 6.45) is 0.929. The van der Waals surface area contributed by atoms with E-state index in [-0.39, 0.29) is 5.04 Å². The number of rotatable bonds is 8. The fourth-order valence-corrected chi connectivity index (χ4v) is 4.05. The summed E-state index contributed by atoms with van der Waals surface area (Å²) in [4.78, 5) is 4.81. The predicted octanol–water partition coefficient (Wildman–Crippen LogP) is 3.95. The highest BCUT2D eigenvalue weighted by atomic mass is 28.4. The van der Waals surface area contributed by atoms with Crippen LogP contribution in [0.1, 0.15) is 32.8 Å². The Morgan fingerprint density at radius 1 is 1.07 bits per heavy atom. The molecule has 0 aliphatic carbocycles. The second-order valence-corrected chi connectivity index (χ2v) is 14.0. The highest BCUT2D eigenvalue weighted by molar-refractivity contribution is 6.74. The molecule has 27 heavy (non-hydrogen) atoms. The number of likely N-dealkylation sites (N-methyl/N-ethyl adjacent to an activating group) is 1. The zero-order valence-electron chi connectivity index (χ0n) is 18.2. The molecule has 1 aliphatic heterocycles. The molecule has 0 unspecified atom stereocenters. The lowest BCUT2D eigenvalue weighted by atomic mass is 10.1. The minimum atomic E-state index is -1.66. The van der Waals surface area contributed by atoms with Crippen molar-refractivity contribution in [3.05, 3.63) is 23.8 Å². The first-order chi connectivity index (χ1) is 12.6. The second kappa shape index (κ2) is 9.41. The Labute approximate surface area is 166 Å². The maximum Gasteiger partial charge on any atom is 0.191 e. The van der Waals surface area contributed by atoms with Crippen LogP contribution in [0.15, 0.2) is 18.2 Å². The minimum Gasteiger partial charge on any atom is -0.417 e. The van der Waals surface area contributed by atoms with Gasteiger partial charge < -0.3 is 24.7 Å². The van der Waals surface area contributed by atoms with E-state index in [2.05, 4.69) is 62.8 Å². The van der Waals surface area contributed by atoms with Gasteiger partial charge in [0.15, 0.2) is 8.32 Å². The van der Waals surface area contributed by atoms with E-state index in [4.69, 9.17) is 14.9 Å². The van der Waals surface area contributed by atoms with E-state index in [0.717, 1.165) is 44.9 Å². The molecule has 1 heterocycles. The number of hydrogen-bond acceptors (Lipinski definition) is 5. The molecule has 0 spiro atoms. The summed E-state index contributed by atoms with van der Waals surface area (Å²) < 4.78 is 12.2. The third kappa shape index (κ3) is 6.49. The zero-order valence-corrected chi connectivity index (χ0v) is 19.2. The number of hydrogen-bond donors (Lipinski definition) is 1. The molecule has 0 amide bonds. The van der Waals surface area contributed by atoms with Crippen molar-refractivity contribution in [2.75, 3.05) is 57.1 Å². The average Bonchev–Trinajstić information content (AvgIpc) is 2.58. The van der Waals surface area contributed by atoms with E-state index in [1.807, 2.05) is 6.07 Å². The molecule has 1 aromatic carbocycles. The van der Waals surface area contributed by atoms with Gasteiger partial charge >= 0.3 is 0 Å². The van der Waals surface area contributed by atoms with E-state index in [9.17, 15) is 0 Å². The number of piperazine rings is 1. The molecule has 0 atom stereocenters. The molecule has 1 saturated heterocycles. The Bertz CT molecular complexity index is 594. The third-order valence-corrected chi connectivity index (χ3v) is 10.4. The van der Waals surface area contributed by atoms with Gasteiger partial charge in [0.05, 0.1) is 6.61 Å². The molecule has 1 aliphatic rings. The van der Waals surface area contributed by atoms with Gasteiger partial charge in [0, 0.05) is 56.3 Å². The molecule has 1 fully saturated rings. The molecule has 154 valence electrons. The number of ether oxygens (including phenoxy) is 1. The number of benzene rings is 1. The van der Waals surface area contributed by atoms with Gasteiger partial charge in [-0.05, 0) is 49.8 Å². The largest absolute Gasteiger partial charge is 0.417 e. The molecular formula is C21H39N3O2Si. The van der Waals surface area contributed by atoms with Crippen LogP contribution < -0.4 is 10.6 Å². The quantitative estimate of drug-likeness (QED) is 0.412. The first kappa shape index (κ1) is 22.2. The molecule has 0 saturated carbocycles. The normalized spacial score (nSPS) is 16.7. The fraction of sp³-hybridized carbons (Fsp3) is 0.714. The van der Waals surface area contributed by atoms with Crippen LogP contribution in [0, 0.1) is 0 Å². The topological polar surface area (TPSA) is 51.0 Å². The van der Waals surface area contributed by atoms with Crippen molar-refractivity contribution in [1.29, 1.82) is 0 Å². The van der Waals surface area contributed by atoms with Crippen LogP contribution in [0.5, 0.6) is 0 Å². The first-order valence-electron chi connectivity index (χ1n) is 10.1. The first-order valence-corrected chi connectivity index (χ1v) is 13.0. The van der Waals surface area contributed by atoms with Gasteiger partial charge in [0.25, 0.3) is 0 Å². The summed E-state index contributed by atoms with van der Waals surface area (Å²) >= 11 is 0. The molecule has 2 rings (SSSR count). The number of anilines is 2. The van der Waals surface area contributed by atoms with Gasteiger partial charge in [0.2, 0.25) is 0 Å². The Kier molecular flexibility index (Phi) is 7.74. The van der Waals surface area contributed by atoms with E-state index in [1.54, 1.807) is 0 Å². The summed E-state index contributed by atoms with van der Waals surface area (Å²) in [5, 5.41) is 0.257. The van der Waals surface area contributed by atoms with Gasteiger partial charge in [-0.3, -0.25) is 0 Å². The summed E-state index contributed by atoms with van der Waals surface area (Å²) in [6, 6.07) is 6.18. The number of nitrogen functional groups attached to an aromatic ring is 1. The van der Waals surface area contributed by atoms with Crippen molar-refractivity contribution in [3.8, 4) is 0 Å². The Morgan fingerprint density at radius 3 is 2.37 bits per heavy atom. The average molecular weight is 394 g/mol. The van der Waals surface area contributed by atoms with Crippen LogP contribution in [0.4, 0.5) is 11.4 Å². The van der Waals surface area contributed by atoms with Crippen molar-refractivity contribution in [2.45, 2.75) is 51.9 Å². The molecule has 2 N–H and O–H groups in total. The van der Waals surface area contributed by atoms with E-state index < -0.39 is 8.32 Å². The Morgan fingerprint density at radius 2 is 1.74 bits per heavy atom. The van der Waals surface area contributed by atoms with Crippen LogP contribution in [0.25, 0.3) is 0 Å². The lowest BCUT2D eigenvalue weighted by Crippen LogP contribution is -2.44. The van der Waals surface area contributed by atoms with Crippen LogP contribution in [0.2, 0.25) is 18.1 Å². The maximum atomic E-state index is 6.22. The van der Waals surface area contributed by atoms with Crippen molar-refractivity contribution in [3.63, 3.8) is 0 Å². The Balaban J connectivity index is 1.81. The van der Waals surface area contributed by atoms with Gasteiger partial charge in [-0.2, -0.15) is 0 Å². The van der Waals surface area contributed by atoms with Gasteiger partial charge in [0.1, 0.15) is 0 Å². The van der Waals surface area contributed by atoms with Gasteiger partial charge in [-0.1, -0.05) is 20.8 Å². The lowest BCUT2D eigenvalue weighted by molar-refractivity contribution is 0.105. The van der Waals surface area contributed by atoms with Crippen molar-refractivity contribution >= 4 is 19.7 Å². The zero-order chi connectivity index (χ0) is 20.1. The number of nitrogens with two attached hydrogens (primary N) is 1. The molecule has 0 bridgehead atoms. The van der Waals surface area contributed by atoms with E-state index >= 15 is 0 Å². The third-order valence-electron chi connectivity index (χ3n) is 5.91. The van der Waals surface area contributed by atoms with Crippen molar-refractivity contribution in [2.24, 2.45) is 0 Å². The second-order valence-electron chi connectivity index (χ2n) is 9.19. The summed E-state index contributed by atoms with van der Waals surface area (Å²) in [6.45, 7) is 17.8. The molecule has 1 aromatic rings. The minimum absolute atomic E-state index is 0.257. The molecular weight excluding hydrogens is 354 g/mol. The van der Waals surface area contributed by atoms with Crippen molar-refractivity contribution in [1.82, 2.24) is 4.90 Å². The summed E-state index contributed by atoms with van der Waals surface area (Å²) in [5.41, 5.74) is 9.26. The van der Waals surface area contributed by atoms with Gasteiger partial charge in [-0.25, -0.2) is 0 Å². The van der Waals surface area contributed by atoms with E-state index in [1.165, 1.54) is 11.3 Å². The van der Waals surface area contributed by atoms with Crippen LogP contribution in [-0.2, 0) is 15.8 Å². The summed E-state index contributed by atoms with van der Waals surface area (Å²) in [7, 11) is 0.520. The Hall–Kier alpha value is -1.08. The molecule has 6 heteroatoms. The highest BCUT2D eigenvalue weighted by Crippen LogP contribution is 2.36. The van der Waals surface area contributed by atoms with Gasteiger partial charge in [-0.15, -0.1) is 0 Å².